The molecule has 294 valence electrons. The third-order valence-electron chi connectivity index (χ3n) is 8.47. The van der Waals surface area contributed by atoms with E-state index in [2.05, 4.69) is 31.9 Å². The maximum Gasteiger partial charge on any atom is 0.337 e. The largest absolute Gasteiger partial charge is 0.488 e. The standard InChI is InChI=1S/C25H17BrCl2FNO3.C18H15BrClFO3/c1-14-2-8-23(30(14)18-6-7-21(28)19(12-18)25(31)32)20-11-17(27)5-9-24(20)33-13-15-3-4-16(26)10-22(15)29;1-11(22)2-6-17(23)15-9-14(20)5-7-18(15)24-10-12-3-4-13(19)8-16(12)21/h2-12H,13H2,1H3,(H,31,32);3-5,7-9H,2,6,10H2,1H3. The van der Waals surface area contributed by atoms with Crippen LogP contribution in [0.3, 0.4) is 0 Å². The normalized spacial score (nSPS) is 10.8. The Kier molecular flexibility index (Phi) is 15.1. The number of benzene rings is 5. The fourth-order valence-corrected chi connectivity index (χ4v) is 6.80. The summed E-state index contributed by atoms with van der Waals surface area (Å²) in [7, 11) is 0. The topological polar surface area (TPSA) is 94.8 Å². The fraction of sp³-hybridized carbons (Fsp3) is 0.140. The van der Waals surface area contributed by atoms with E-state index < -0.39 is 11.8 Å². The van der Waals surface area contributed by atoms with Crippen LogP contribution in [0.4, 0.5) is 8.78 Å². The van der Waals surface area contributed by atoms with Crippen LogP contribution in [0, 0.1) is 18.6 Å². The molecule has 0 amide bonds. The van der Waals surface area contributed by atoms with Crippen molar-refractivity contribution in [2.45, 2.75) is 39.9 Å². The van der Waals surface area contributed by atoms with Crippen molar-refractivity contribution in [3.8, 4) is 28.4 Å². The summed E-state index contributed by atoms with van der Waals surface area (Å²) < 4.78 is 42.9. The van der Waals surface area contributed by atoms with Gasteiger partial charge in [0.1, 0.15) is 42.1 Å². The Bertz CT molecular complexity index is 2470. The van der Waals surface area contributed by atoms with E-state index in [0.717, 1.165) is 11.4 Å². The highest BCUT2D eigenvalue weighted by Gasteiger charge is 2.19. The van der Waals surface area contributed by atoms with E-state index in [1.807, 2.05) is 23.6 Å². The second-order valence-electron chi connectivity index (χ2n) is 12.6. The summed E-state index contributed by atoms with van der Waals surface area (Å²) in [5.74, 6) is -1.37. The molecule has 0 radical (unpaired) electrons. The van der Waals surface area contributed by atoms with Gasteiger partial charge in [0.25, 0.3) is 0 Å². The molecule has 0 saturated heterocycles. The monoisotopic (exact) mass is 959 g/mol. The van der Waals surface area contributed by atoms with E-state index in [1.54, 1.807) is 66.7 Å². The minimum Gasteiger partial charge on any atom is -0.488 e. The van der Waals surface area contributed by atoms with Crippen molar-refractivity contribution in [2.75, 3.05) is 0 Å². The molecule has 1 N–H and O–H groups in total. The van der Waals surface area contributed by atoms with Crippen LogP contribution in [0.2, 0.25) is 15.1 Å². The molecule has 6 rings (SSSR count). The number of aryl methyl sites for hydroxylation is 1. The summed E-state index contributed by atoms with van der Waals surface area (Å²) >= 11 is 24.7. The van der Waals surface area contributed by atoms with E-state index in [9.17, 15) is 28.3 Å². The van der Waals surface area contributed by atoms with Crippen molar-refractivity contribution in [1.29, 1.82) is 0 Å². The van der Waals surface area contributed by atoms with E-state index >= 15 is 0 Å². The molecule has 0 atom stereocenters. The van der Waals surface area contributed by atoms with Crippen LogP contribution in [-0.2, 0) is 18.0 Å². The summed E-state index contributed by atoms with van der Waals surface area (Å²) in [6.45, 7) is 3.34. The average Bonchev–Trinajstić information content (AvgIpc) is 3.55. The predicted octanol–water partition coefficient (Wildman–Crippen LogP) is 13.3. The number of rotatable bonds is 13. The molecule has 0 saturated carbocycles. The molecule has 57 heavy (non-hydrogen) atoms. The number of hydrogen-bond donors (Lipinski definition) is 1. The number of carboxylic acids is 1. The summed E-state index contributed by atoms with van der Waals surface area (Å²) in [5, 5.41) is 10.5. The lowest BCUT2D eigenvalue weighted by atomic mass is 10.0. The molecular formula is C43H32Br2Cl3F2NO6. The lowest BCUT2D eigenvalue weighted by Gasteiger charge is -2.17. The Hall–Kier alpha value is -4.52. The van der Waals surface area contributed by atoms with Gasteiger partial charge in [-0.2, -0.15) is 0 Å². The first-order valence-corrected chi connectivity index (χ1v) is 19.8. The van der Waals surface area contributed by atoms with Gasteiger partial charge in [-0.25, -0.2) is 13.6 Å². The molecule has 0 fully saturated rings. The van der Waals surface area contributed by atoms with Crippen LogP contribution in [0.5, 0.6) is 11.5 Å². The number of ether oxygens (including phenoxy) is 2. The quantitative estimate of drug-likeness (QED) is 0.116. The van der Waals surface area contributed by atoms with Gasteiger partial charge in [-0.3, -0.25) is 4.79 Å². The predicted molar refractivity (Wildman–Crippen MR) is 225 cm³/mol. The van der Waals surface area contributed by atoms with Gasteiger partial charge in [-0.15, -0.1) is 0 Å². The van der Waals surface area contributed by atoms with Crippen LogP contribution in [0.1, 0.15) is 57.3 Å². The second-order valence-corrected chi connectivity index (χ2v) is 15.7. The fourth-order valence-electron chi connectivity index (χ4n) is 5.59. The van der Waals surface area contributed by atoms with Crippen LogP contribution < -0.4 is 9.47 Å². The summed E-state index contributed by atoms with van der Waals surface area (Å²) in [4.78, 5) is 34.9. The van der Waals surface area contributed by atoms with Gasteiger partial charge < -0.3 is 23.9 Å². The minimum atomic E-state index is -1.11. The van der Waals surface area contributed by atoms with E-state index in [-0.39, 0.29) is 54.0 Å². The zero-order valence-corrected chi connectivity index (χ0v) is 35.7. The number of carbonyl (C=O) groups excluding carboxylic acids is 2. The SMILES string of the molecule is CC(=O)CCC(=O)c1cc(Cl)ccc1OCc1ccc(Br)cc1F.Cc1ccc(-c2cc(Cl)ccc2OCc2ccc(Br)cc2F)n1-c1ccc(Cl)c(C(=O)O)c1. The third-order valence-corrected chi connectivity index (χ3v) is 10.3. The summed E-state index contributed by atoms with van der Waals surface area (Å²) in [6.07, 6.45) is 0.241. The van der Waals surface area contributed by atoms with E-state index in [1.165, 1.54) is 31.2 Å². The van der Waals surface area contributed by atoms with Crippen molar-refractivity contribution in [1.82, 2.24) is 4.57 Å². The molecule has 0 bridgehead atoms. The molecule has 0 aliphatic rings. The Balaban J connectivity index is 0.000000230. The number of carboxylic acid groups (broad SMARTS) is 1. The zero-order chi connectivity index (χ0) is 41.4. The molecule has 7 nitrogen and oxygen atoms in total. The van der Waals surface area contributed by atoms with E-state index in [0.29, 0.717) is 58.4 Å². The maximum absolute atomic E-state index is 14.3. The van der Waals surface area contributed by atoms with Crippen molar-refractivity contribution in [3.63, 3.8) is 0 Å². The van der Waals surface area contributed by atoms with Gasteiger partial charge in [0, 0.05) is 59.9 Å². The van der Waals surface area contributed by atoms with Crippen LogP contribution in [0.15, 0.2) is 112 Å². The van der Waals surface area contributed by atoms with Gasteiger partial charge in [-0.1, -0.05) is 78.8 Å². The number of hydrogen-bond acceptors (Lipinski definition) is 5. The minimum absolute atomic E-state index is 0.00139. The second kappa shape index (κ2) is 19.8. The Labute approximate surface area is 359 Å². The summed E-state index contributed by atoms with van der Waals surface area (Å²) in [6, 6.07) is 27.9. The molecule has 14 heteroatoms. The van der Waals surface area contributed by atoms with Crippen molar-refractivity contribution < 1.29 is 37.7 Å². The highest BCUT2D eigenvalue weighted by atomic mass is 79.9. The molecule has 0 aliphatic carbocycles. The molecule has 0 spiro atoms. The number of aromatic nitrogens is 1. The van der Waals surface area contributed by atoms with Crippen molar-refractivity contribution in [3.05, 3.63) is 167 Å². The first-order valence-electron chi connectivity index (χ1n) is 17.1. The first-order chi connectivity index (χ1) is 27.1. The van der Waals surface area contributed by atoms with Gasteiger partial charge >= 0.3 is 5.97 Å². The first kappa shape index (κ1) is 43.6. The van der Waals surface area contributed by atoms with Gasteiger partial charge in [0.05, 0.1) is 21.8 Å². The van der Waals surface area contributed by atoms with Crippen molar-refractivity contribution >= 4 is 84.2 Å². The highest BCUT2D eigenvalue weighted by molar-refractivity contribution is 9.10. The van der Waals surface area contributed by atoms with Crippen molar-refractivity contribution in [2.24, 2.45) is 0 Å². The molecule has 0 aliphatic heterocycles. The number of halogens is 7. The Morgan fingerprint density at radius 1 is 0.684 bits per heavy atom. The third kappa shape index (κ3) is 11.5. The molecule has 6 aromatic rings. The Morgan fingerprint density at radius 3 is 1.84 bits per heavy atom. The zero-order valence-electron chi connectivity index (χ0n) is 30.2. The van der Waals surface area contributed by atoms with Gasteiger partial charge in [-0.05, 0) is 105 Å². The number of ketones is 2. The van der Waals surface area contributed by atoms with Crippen LogP contribution in [0.25, 0.3) is 16.9 Å². The number of nitrogens with zero attached hydrogens (tertiary/aromatic N) is 1. The number of Topliss-reactive ketones (excluding diaryl/α,β-unsaturated/α-hetero) is 2. The smallest absolute Gasteiger partial charge is 0.337 e. The van der Waals surface area contributed by atoms with E-state index in [4.69, 9.17) is 44.3 Å². The van der Waals surface area contributed by atoms with Crippen LogP contribution >= 0.6 is 66.7 Å². The number of aromatic carboxylic acids is 1. The maximum atomic E-state index is 14.3. The molecular weight excluding hydrogens is 931 g/mol. The molecule has 0 unspecified atom stereocenters. The molecule has 5 aromatic carbocycles. The number of carbonyl (C=O) groups is 3. The summed E-state index contributed by atoms with van der Waals surface area (Å²) in [5.41, 5.74) is 3.99. The Morgan fingerprint density at radius 2 is 1.26 bits per heavy atom. The van der Waals surface area contributed by atoms with Gasteiger partial charge in [0.15, 0.2) is 5.78 Å². The lowest BCUT2D eigenvalue weighted by Crippen LogP contribution is -2.07. The van der Waals surface area contributed by atoms with Crippen LogP contribution in [-0.4, -0.2) is 27.2 Å². The molecule has 1 heterocycles. The highest BCUT2D eigenvalue weighted by Crippen LogP contribution is 2.37. The van der Waals surface area contributed by atoms with Gasteiger partial charge in [0.2, 0.25) is 0 Å². The lowest BCUT2D eigenvalue weighted by molar-refractivity contribution is -0.117. The molecule has 1 aromatic heterocycles. The average molecular weight is 963 g/mol.